The van der Waals surface area contributed by atoms with E-state index in [2.05, 4.69) is 24.3 Å². The fourth-order valence-electron chi connectivity index (χ4n) is 3.01. The molecule has 1 amide bonds. The molecular formula is C17H21N3O2S. The summed E-state index contributed by atoms with van der Waals surface area (Å²) in [5.74, 6) is 0.904. The maximum atomic E-state index is 12.6. The van der Waals surface area contributed by atoms with Crippen LogP contribution in [0.1, 0.15) is 49.1 Å². The number of hydrogen-bond donors (Lipinski definition) is 2. The minimum absolute atomic E-state index is 0.0638. The van der Waals surface area contributed by atoms with Gasteiger partial charge in [-0.3, -0.25) is 19.4 Å². The van der Waals surface area contributed by atoms with Crippen molar-refractivity contribution in [1.82, 2.24) is 9.78 Å². The average molecular weight is 331 g/mol. The Bertz CT molecular complexity index is 751. The Hall–Kier alpha value is -1.95. The number of rotatable bonds is 4. The van der Waals surface area contributed by atoms with Gasteiger partial charge in [0.2, 0.25) is 5.91 Å². The lowest BCUT2D eigenvalue weighted by molar-refractivity contribution is -0.113. The van der Waals surface area contributed by atoms with E-state index in [1.165, 1.54) is 11.8 Å². The number of nitrogens with one attached hydrogen (secondary N) is 2. The lowest BCUT2D eigenvalue weighted by Crippen LogP contribution is -2.18. The van der Waals surface area contributed by atoms with E-state index in [1.54, 1.807) is 0 Å². The van der Waals surface area contributed by atoms with Crippen molar-refractivity contribution < 1.29 is 4.79 Å². The second-order valence-electron chi connectivity index (χ2n) is 5.86. The molecule has 1 aliphatic heterocycles. The van der Waals surface area contributed by atoms with E-state index >= 15 is 0 Å². The molecule has 0 aliphatic carbocycles. The molecule has 1 aromatic heterocycles. The van der Waals surface area contributed by atoms with Crippen LogP contribution in [0, 0.1) is 0 Å². The highest BCUT2D eigenvalue weighted by Crippen LogP contribution is 2.40. The highest BCUT2D eigenvalue weighted by atomic mass is 32.2. The Kier molecular flexibility index (Phi) is 4.61. The summed E-state index contributed by atoms with van der Waals surface area (Å²) in [5.41, 5.74) is 1.57. The monoisotopic (exact) mass is 331 g/mol. The van der Waals surface area contributed by atoms with E-state index < -0.39 is 0 Å². The summed E-state index contributed by atoms with van der Waals surface area (Å²) in [6, 6.07) is 10.0. The molecule has 0 unspecified atom stereocenters. The number of aromatic nitrogens is 2. The van der Waals surface area contributed by atoms with Crippen molar-refractivity contribution >= 4 is 23.5 Å². The molecule has 2 N–H and O–H groups in total. The first kappa shape index (κ1) is 15.9. The van der Waals surface area contributed by atoms with Gasteiger partial charge >= 0.3 is 0 Å². The molecule has 6 heteroatoms. The first-order chi connectivity index (χ1) is 11.1. The van der Waals surface area contributed by atoms with Gasteiger partial charge < -0.3 is 5.32 Å². The molecule has 0 radical (unpaired) electrons. The van der Waals surface area contributed by atoms with Gasteiger partial charge in [-0.15, -0.1) is 11.8 Å². The van der Waals surface area contributed by atoms with E-state index in [0.717, 1.165) is 18.4 Å². The second kappa shape index (κ2) is 6.66. The maximum Gasteiger partial charge on any atom is 0.270 e. The van der Waals surface area contributed by atoms with Gasteiger partial charge in [0, 0.05) is 6.04 Å². The third-order valence-electron chi connectivity index (χ3n) is 4.11. The molecule has 0 bridgehead atoms. The summed E-state index contributed by atoms with van der Waals surface area (Å²) in [6.07, 6.45) is 1.96. The van der Waals surface area contributed by atoms with Gasteiger partial charge in [-0.25, -0.2) is 0 Å². The quantitative estimate of drug-likeness (QED) is 0.903. The Morgan fingerprint density at radius 1 is 1.30 bits per heavy atom. The molecule has 0 saturated carbocycles. The molecule has 2 aromatic rings. The number of fused-ring (bicyclic) bond motifs is 1. The number of amides is 1. The van der Waals surface area contributed by atoms with E-state index in [9.17, 15) is 9.59 Å². The molecule has 122 valence electrons. The summed E-state index contributed by atoms with van der Waals surface area (Å²) in [4.78, 5) is 24.7. The molecule has 5 nitrogen and oxygen atoms in total. The molecule has 0 saturated heterocycles. The van der Waals surface area contributed by atoms with Crippen LogP contribution in [0.4, 0.5) is 5.82 Å². The molecule has 1 aromatic carbocycles. The zero-order chi connectivity index (χ0) is 16.4. The molecule has 1 aliphatic rings. The molecule has 3 rings (SSSR count). The number of hydrogen-bond acceptors (Lipinski definition) is 3. The minimum Gasteiger partial charge on any atom is -0.310 e. The van der Waals surface area contributed by atoms with Gasteiger partial charge in [-0.1, -0.05) is 43.7 Å². The zero-order valence-electron chi connectivity index (χ0n) is 13.3. The van der Waals surface area contributed by atoms with Crippen LogP contribution >= 0.6 is 11.8 Å². The van der Waals surface area contributed by atoms with E-state index in [-0.39, 0.29) is 22.8 Å². The van der Waals surface area contributed by atoms with E-state index in [1.807, 2.05) is 35.0 Å². The number of anilines is 1. The van der Waals surface area contributed by atoms with Gasteiger partial charge in [0.25, 0.3) is 5.56 Å². The Labute approximate surface area is 139 Å². The summed E-state index contributed by atoms with van der Waals surface area (Å²) >= 11 is 1.50. The van der Waals surface area contributed by atoms with Crippen LogP contribution in [-0.4, -0.2) is 21.4 Å². The lowest BCUT2D eigenvalue weighted by Gasteiger charge is -2.17. The number of nitrogens with zero attached hydrogens (tertiary/aromatic N) is 1. The molecule has 0 spiro atoms. The van der Waals surface area contributed by atoms with Crippen LogP contribution in [0.15, 0.2) is 35.1 Å². The third kappa shape index (κ3) is 3.08. The van der Waals surface area contributed by atoms with Crippen LogP contribution in [0.2, 0.25) is 0 Å². The van der Waals surface area contributed by atoms with Crippen molar-refractivity contribution in [2.75, 3.05) is 11.1 Å². The predicted octanol–water partition coefficient (Wildman–Crippen LogP) is 3.31. The maximum absolute atomic E-state index is 12.6. The number of carbonyl (C=O) groups is 1. The van der Waals surface area contributed by atoms with Crippen molar-refractivity contribution in [1.29, 1.82) is 0 Å². The van der Waals surface area contributed by atoms with Crippen molar-refractivity contribution in [3.63, 3.8) is 0 Å². The van der Waals surface area contributed by atoms with Gasteiger partial charge in [0.1, 0.15) is 5.82 Å². The van der Waals surface area contributed by atoms with Crippen LogP contribution in [0.3, 0.4) is 0 Å². The molecule has 2 heterocycles. The van der Waals surface area contributed by atoms with Crippen LogP contribution in [0.25, 0.3) is 0 Å². The SMILES string of the molecule is CCC[C@@H](C)n1[nH]c(=O)c2c1NC(=O)CS[C@@H]2c1ccccc1. The first-order valence-electron chi connectivity index (χ1n) is 7.92. The number of thioether (sulfide) groups is 1. The van der Waals surface area contributed by atoms with Crippen molar-refractivity contribution in [3.05, 3.63) is 51.8 Å². The van der Waals surface area contributed by atoms with E-state index in [4.69, 9.17) is 0 Å². The smallest absolute Gasteiger partial charge is 0.270 e. The van der Waals surface area contributed by atoms with Crippen molar-refractivity contribution in [3.8, 4) is 0 Å². The zero-order valence-corrected chi connectivity index (χ0v) is 14.2. The Balaban J connectivity index is 2.12. The number of aromatic amines is 1. The highest BCUT2D eigenvalue weighted by Gasteiger charge is 2.31. The number of H-pyrrole nitrogens is 1. The van der Waals surface area contributed by atoms with Crippen LogP contribution in [0.5, 0.6) is 0 Å². The normalized spacial score (nSPS) is 18.9. The van der Waals surface area contributed by atoms with E-state index in [0.29, 0.717) is 17.1 Å². The molecule has 23 heavy (non-hydrogen) atoms. The Morgan fingerprint density at radius 2 is 2.04 bits per heavy atom. The van der Waals surface area contributed by atoms with Gasteiger partial charge in [-0.2, -0.15) is 0 Å². The predicted molar refractivity (Wildman–Crippen MR) is 94.0 cm³/mol. The van der Waals surface area contributed by atoms with Gasteiger partial charge in [-0.05, 0) is 18.9 Å². The minimum atomic E-state index is -0.135. The fraction of sp³-hybridized carbons (Fsp3) is 0.412. The summed E-state index contributed by atoms with van der Waals surface area (Å²) in [7, 11) is 0. The molecule has 0 fully saturated rings. The number of carbonyl (C=O) groups excluding carboxylic acids is 1. The lowest BCUT2D eigenvalue weighted by atomic mass is 10.1. The molecular weight excluding hydrogens is 310 g/mol. The standard InChI is InChI=1S/C17H21N3O2S/c1-3-7-11(2)20-16-14(17(22)19-20)15(23-10-13(21)18-16)12-8-5-4-6-9-12/h4-6,8-9,11,15H,3,7,10H2,1-2H3,(H,18,21)(H,19,22)/t11-,15-/m1/s1. The van der Waals surface area contributed by atoms with Gasteiger partial charge in [0.15, 0.2) is 0 Å². The summed E-state index contributed by atoms with van der Waals surface area (Å²) < 4.78 is 1.82. The third-order valence-corrected chi connectivity index (χ3v) is 5.38. The van der Waals surface area contributed by atoms with Gasteiger partial charge in [0.05, 0.1) is 16.6 Å². The van der Waals surface area contributed by atoms with Crippen molar-refractivity contribution in [2.24, 2.45) is 0 Å². The van der Waals surface area contributed by atoms with Crippen LogP contribution < -0.4 is 10.9 Å². The topological polar surface area (TPSA) is 66.9 Å². The largest absolute Gasteiger partial charge is 0.310 e. The molecule has 2 atom stereocenters. The Morgan fingerprint density at radius 3 is 2.74 bits per heavy atom. The second-order valence-corrected chi connectivity index (χ2v) is 6.95. The summed E-state index contributed by atoms with van der Waals surface area (Å²) in [6.45, 7) is 4.17. The first-order valence-corrected chi connectivity index (χ1v) is 8.97. The highest BCUT2D eigenvalue weighted by molar-refractivity contribution is 8.00. The number of benzene rings is 1. The summed E-state index contributed by atoms with van der Waals surface area (Å²) in [5, 5.41) is 5.71. The fourth-order valence-corrected chi connectivity index (χ4v) is 4.14. The average Bonchev–Trinajstić information content (AvgIpc) is 2.76. The van der Waals surface area contributed by atoms with Crippen LogP contribution in [-0.2, 0) is 4.79 Å². The van der Waals surface area contributed by atoms with Crippen molar-refractivity contribution in [2.45, 2.75) is 38.0 Å².